The number of methoxy groups -OCH3 is 1. The van der Waals surface area contributed by atoms with Crippen LogP contribution >= 0.6 is 11.6 Å². The molecule has 0 saturated carbocycles. The number of ether oxygens (including phenoxy) is 1. The van der Waals surface area contributed by atoms with Crippen LogP contribution in [0.1, 0.15) is 12.5 Å². The summed E-state index contributed by atoms with van der Waals surface area (Å²) in [4.78, 5) is 25.0. The molecule has 0 bridgehead atoms. The number of benzene rings is 2. The molecule has 0 aliphatic carbocycles. The largest absolute Gasteiger partial charge is 0.495 e. The Bertz CT molecular complexity index is 1050. The quantitative estimate of drug-likeness (QED) is 0.703. The topological polar surface area (TPSA) is 85.2 Å². The summed E-state index contributed by atoms with van der Waals surface area (Å²) >= 11 is 6.12. The Hall–Kier alpha value is -3.32. The van der Waals surface area contributed by atoms with Gasteiger partial charge in [0.25, 0.3) is 0 Å². The smallest absolute Gasteiger partial charge is 0.249 e. The first-order valence-corrected chi connectivity index (χ1v) is 9.02. The highest BCUT2D eigenvalue weighted by Gasteiger charge is 2.32. The summed E-state index contributed by atoms with van der Waals surface area (Å²) < 4.78 is 6.66. The number of rotatable bonds is 4. The van der Waals surface area contributed by atoms with Crippen molar-refractivity contribution in [1.82, 2.24) is 9.78 Å². The van der Waals surface area contributed by atoms with Gasteiger partial charge in [0.15, 0.2) is 0 Å². The monoisotopic (exact) mass is 396 g/mol. The molecule has 0 unspecified atom stereocenters. The molecule has 1 atom stereocenters. The maximum absolute atomic E-state index is 12.9. The van der Waals surface area contributed by atoms with E-state index < -0.39 is 6.04 Å². The Labute approximate surface area is 166 Å². The van der Waals surface area contributed by atoms with Gasteiger partial charge in [-0.15, -0.1) is 0 Å². The van der Waals surface area contributed by atoms with Crippen molar-refractivity contribution in [3.8, 4) is 17.0 Å². The molecule has 3 aromatic rings. The molecule has 0 fully saturated rings. The SMILES string of the molecule is COc1ccc(NC(=O)[C@@H]2CC(=O)Nc3cc(-c4ccccc4)nn32)cc1Cl. The summed E-state index contributed by atoms with van der Waals surface area (Å²) in [6, 6.07) is 15.5. The van der Waals surface area contributed by atoms with E-state index in [9.17, 15) is 9.59 Å². The summed E-state index contributed by atoms with van der Waals surface area (Å²) in [6.07, 6.45) is -0.00136. The number of carbonyl (C=O) groups is 2. The second-order valence-electron chi connectivity index (χ2n) is 6.33. The number of hydrogen-bond acceptors (Lipinski definition) is 4. The molecule has 1 aromatic heterocycles. The second kappa shape index (κ2) is 7.36. The minimum absolute atomic E-state index is 0.00136. The van der Waals surface area contributed by atoms with Gasteiger partial charge in [-0.3, -0.25) is 9.59 Å². The maximum Gasteiger partial charge on any atom is 0.249 e. The first-order valence-electron chi connectivity index (χ1n) is 8.64. The molecule has 8 heteroatoms. The van der Waals surface area contributed by atoms with Crippen LogP contribution in [0.5, 0.6) is 5.75 Å². The van der Waals surface area contributed by atoms with E-state index in [1.807, 2.05) is 30.3 Å². The Balaban J connectivity index is 1.62. The highest BCUT2D eigenvalue weighted by molar-refractivity contribution is 6.32. The predicted molar refractivity (Wildman–Crippen MR) is 107 cm³/mol. The minimum Gasteiger partial charge on any atom is -0.495 e. The summed E-state index contributed by atoms with van der Waals surface area (Å²) in [6.45, 7) is 0. The molecule has 0 spiro atoms. The Morgan fingerprint density at radius 3 is 2.75 bits per heavy atom. The van der Waals surface area contributed by atoms with Crippen LogP contribution in [0.25, 0.3) is 11.3 Å². The third kappa shape index (κ3) is 3.44. The highest BCUT2D eigenvalue weighted by Crippen LogP contribution is 2.31. The van der Waals surface area contributed by atoms with E-state index in [0.717, 1.165) is 5.56 Å². The van der Waals surface area contributed by atoms with E-state index in [1.54, 1.807) is 28.9 Å². The fourth-order valence-corrected chi connectivity index (χ4v) is 3.36. The van der Waals surface area contributed by atoms with Crippen LogP contribution in [-0.2, 0) is 9.59 Å². The lowest BCUT2D eigenvalue weighted by Crippen LogP contribution is -2.35. The van der Waals surface area contributed by atoms with Crippen molar-refractivity contribution in [3.05, 3.63) is 59.6 Å². The molecule has 2 aromatic carbocycles. The average Bonchev–Trinajstić information content (AvgIpc) is 3.12. The Morgan fingerprint density at radius 1 is 1.25 bits per heavy atom. The third-order valence-electron chi connectivity index (χ3n) is 4.47. The molecule has 1 aliphatic rings. The summed E-state index contributed by atoms with van der Waals surface area (Å²) in [5, 5.41) is 10.5. The first kappa shape index (κ1) is 18.1. The molecule has 4 rings (SSSR count). The summed E-state index contributed by atoms with van der Waals surface area (Å²) in [5.74, 6) is 0.418. The normalized spacial score (nSPS) is 15.5. The third-order valence-corrected chi connectivity index (χ3v) is 4.76. The van der Waals surface area contributed by atoms with Gasteiger partial charge in [-0.2, -0.15) is 5.10 Å². The van der Waals surface area contributed by atoms with E-state index in [0.29, 0.717) is 28.0 Å². The van der Waals surface area contributed by atoms with E-state index in [1.165, 1.54) is 7.11 Å². The Morgan fingerprint density at radius 2 is 2.04 bits per heavy atom. The molecule has 28 heavy (non-hydrogen) atoms. The van der Waals surface area contributed by atoms with Gasteiger partial charge in [0.2, 0.25) is 11.8 Å². The van der Waals surface area contributed by atoms with Gasteiger partial charge >= 0.3 is 0 Å². The van der Waals surface area contributed by atoms with Crippen molar-refractivity contribution >= 4 is 34.9 Å². The fourth-order valence-electron chi connectivity index (χ4n) is 3.10. The van der Waals surface area contributed by atoms with Gasteiger partial charge in [0.05, 0.1) is 24.2 Å². The van der Waals surface area contributed by atoms with Gasteiger partial charge < -0.3 is 15.4 Å². The molecule has 2 heterocycles. The lowest BCUT2D eigenvalue weighted by atomic mass is 10.1. The van der Waals surface area contributed by atoms with Crippen molar-refractivity contribution in [3.63, 3.8) is 0 Å². The van der Waals surface area contributed by atoms with Crippen LogP contribution in [-0.4, -0.2) is 28.7 Å². The predicted octanol–water partition coefficient (Wildman–Crippen LogP) is 3.73. The molecule has 2 amide bonds. The van der Waals surface area contributed by atoms with Gasteiger partial charge in [-0.25, -0.2) is 4.68 Å². The molecule has 142 valence electrons. The van der Waals surface area contributed by atoms with Crippen molar-refractivity contribution in [2.24, 2.45) is 0 Å². The molecule has 1 aliphatic heterocycles. The number of nitrogens with zero attached hydrogens (tertiary/aromatic N) is 2. The lowest BCUT2D eigenvalue weighted by molar-refractivity contribution is -0.125. The van der Waals surface area contributed by atoms with Gasteiger partial charge in [0.1, 0.15) is 17.6 Å². The molecule has 0 radical (unpaired) electrons. The van der Waals surface area contributed by atoms with E-state index in [-0.39, 0.29) is 18.2 Å². The summed E-state index contributed by atoms with van der Waals surface area (Å²) in [7, 11) is 1.52. The second-order valence-corrected chi connectivity index (χ2v) is 6.74. The minimum atomic E-state index is -0.762. The van der Waals surface area contributed by atoms with Crippen LogP contribution in [0.4, 0.5) is 11.5 Å². The highest BCUT2D eigenvalue weighted by atomic mass is 35.5. The number of amides is 2. The zero-order valence-electron chi connectivity index (χ0n) is 15.0. The number of nitrogens with one attached hydrogen (secondary N) is 2. The molecular formula is C20H17ClN4O3. The number of hydrogen-bond donors (Lipinski definition) is 2. The number of halogens is 1. The lowest BCUT2D eigenvalue weighted by Gasteiger charge is -2.23. The fraction of sp³-hybridized carbons (Fsp3) is 0.150. The molecule has 0 saturated heterocycles. The standard InChI is InChI=1S/C20H17ClN4O3/c1-28-17-8-7-13(9-14(17)21)22-20(27)16-11-19(26)23-18-10-15(24-25(16)18)12-5-3-2-4-6-12/h2-10,16H,11H2,1H3,(H,22,27)(H,23,26)/t16-/m0/s1. The number of aromatic nitrogens is 2. The van der Waals surface area contributed by atoms with Gasteiger partial charge in [-0.1, -0.05) is 41.9 Å². The van der Waals surface area contributed by atoms with Gasteiger partial charge in [-0.05, 0) is 18.2 Å². The van der Waals surface area contributed by atoms with E-state index >= 15 is 0 Å². The maximum atomic E-state index is 12.9. The Kier molecular flexibility index (Phi) is 4.75. The molecule has 2 N–H and O–H groups in total. The zero-order chi connectivity index (χ0) is 19.7. The number of anilines is 2. The van der Waals surface area contributed by atoms with E-state index in [2.05, 4.69) is 15.7 Å². The van der Waals surface area contributed by atoms with Crippen LogP contribution in [0.3, 0.4) is 0 Å². The average molecular weight is 397 g/mol. The van der Waals surface area contributed by atoms with Crippen molar-refractivity contribution in [2.45, 2.75) is 12.5 Å². The van der Waals surface area contributed by atoms with Gasteiger partial charge in [0, 0.05) is 17.3 Å². The summed E-state index contributed by atoms with van der Waals surface area (Å²) in [5.41, 5.74) is 2.10. The van der Waals surface area contributed by atoms with Crippen molar-refractivity contribution < 1.29 is 14.3 Å². The van der Waals surface area contributed by atoms with E-state index in [4.69, 9.17) is 16.3 Å². The van der Waals surface area contributed by atoms with Crippen LogP contribution < -0.4 is 15.4 Å². The number of fused-ring (bicyclic) bond motifs is 1. The van der Waals surface area contributed by atoms with Crippen LogP contribution in [0.15, 0.2) is 54.6 Å². The zero-order valence-corrected chi connectivity index (χ0v) is 15.7. The number of carbonyl (C=O) groups excluding carboxylic acids is 2. The van der Waals surface area contributed by atoms with Crippen molar-refractivity contribution in [1.29, 1.82) is 0 Å². The first-order chi connectivity index (χ1) is 13.5. The van der Waals surface area contributed by atoms with Crippen molar-refractivity contribution in [2.75, 3.05) is 17.7 Å². The van der Waals surface area contributed by atoms with Crippen LogP contribution in [0, 0.1) is 0 Å². The molecule has 7 nitrogen and oxygen atoms in total. The van der Waals surface area contributed by atoms with Crippen LogP contribution in [0.2, 0.25) is 5.02 Å². The molecular weight excluding hydrogens is 380 g/mol.